The maximum absolute atomic E-state index is 11.7. The van der Waals surface area contributed by atoms with Gasteiger partial charge >= 0.3 is 0 Å². The van der Waals surface area contributed by atoms with Gasteiger partial charge in [0, 0.05) is 60.7 Å². The summed E-state index contributed by atoms with van der Waals surface area (Å²) in [7, 11) is 0. The first-order valence-electron chi connectivity index (χ1n) is 15.1. The zero-order valence-electron chi connectivity index (χ0n) is 26.0. The van der Waals surface area contributed by atoms with Gasteiger partial charge in [0.05, 0.1) is 11.5 Å². The summed E-state index contributed by atoms with van der Waals surface area (Å²) in [6.45, 7) is 14.9. The number of benzene rings is 3. The van der Waals surface area contributed by atoms with Crippen molar-refractivity contribution in [1.82, 2.24) is 4.98 Å². The Bertz CT molecular complexity index is 1550. The first kappa shape index (κ1) is 33.5. The topological polar surface area (TPSA) is 59.4 Å². The normalized spacial score (nSPS) is 12.5. The molecule has 0 unspecified atom stereocenters. The zero-order valence-corrected chi connectivity index (χ0v) is 28.4. The van der Waals surface area contributed by atoms with E-state index >= 15 is 0 Å². The van der Waals surface area contributed by atoms with E-state index in [4.69, 9.17) is 9.72 Å². The van der Waals surface area contributed by atoms with E-state index < -0.39 is 0 Å². The predicted molar refractivity (Wildman–Crippen MR) is 171 cm³/mol. The molecule has 0 amide bonds. The molecule has 4 aromatic rings. The van der Waals surface area contributed by atoms with Crippen LogP contribution >= 0.6 is 0 Å². The largest absolute Gasteiger partial charge is 0.512 e. The third-order valence-corrected chi connectivity index (χ3v) is 7.97. The molecule has 1 aliphatic rings. The van der Waals surface area contributed by atoms with Crippen molar-refractivity contribution < 1.29 is 34.7 Å². The van der Waals surface area contributed by atoms with Crippen LogP contribution in [0.25, 0.3) is 32.8 Å². The van der Waals surface area contributed by atoms with Crippen molar-refractivity contribution in [3.63, 3.8) is 0 Å². The molecule has 0 saturated carbocycles. The van der Waals surface area contributed by atoms with Crippen LogP contribution in [0.15, 0.2) is 66.6 Å². The number of allylic oxidation sites excluding steroid dienone is 2. The van der Waals surface area contributed by atoms with Crippen molar-refractivity contribution in [3.8, 4) is 22.8 Å². The van der Waals surface area contributed by atoms with E-state index in [1.165, 1.54) is 11.6 Å². The number of rotatable bonds is 8. The summed E-state index contributed by atoms with van der Waals surface area (Å²) in [4.78, 5) is 16.4. The van der Waals surface area contributed by atoms with E-state index in [1.54, 1.807) is 0 Å². The fourth-order valence-electron chi connectivity index (χ4n) is 5.64. The number of aliphatic hydroxyl groups excluding tert-OH is 1. The van der Waals surface area contributed by atoms with Crippen LogP contribution in [-0.2, 0) is 31.3 Å². The molecule has 3 aromatic carbocycles. The smallest absolute Gasteiger partial charge is 0.162 e. The molecule has 1 radical (unpaired) electrons. The van der Waals surface area contributed by atoms with Crippen molar-refractivity contribution in [1.29, 1.82) is 0 Å². The minimum Gasteiger partial charge on any atom is -0.512 e. The number of nitrogens with zero attached hydrogens (tertiary/aromatic N) is 1. The molecular weight excluding hydrogens is 699 g/mol. The van der Waals surface area contributed by atoms with Gasteiger partial charge in [-0.1, -0.05) is 83.5 Å². The number of aliphatic hydroxyl groups is 1. The Kier molecular flexibility index (Phi) is 11.5. The summed E-state index contributed by atoms with van der Waals surface area (Å²) < 4.78 is 6.37. The van der Waals surface area contributed by atoms with Crippen LogP contribution in [0, 0.1) is 23.3 Å². The van der Waals surface area contributed by atoms with Gasteiger partial charge in [-0.2, -0.15) is 0 Å². The second-order valence-electron chi connectivity index (χ2n) is 12.3. The average molecular weight is 743 g/mol. The Labute approximate surface area is 264 Å². The summed E-state index contributed by atoms with van der Waals surface area (Å²) in [5.74, 6) is 2.28. The van der Waals surface area contributed by atoms with Crippen molar-refractivity contribution in [2.45, 2.75) is 80.6 Å². The van der Waals surface area contributed by atoms with Crippen LogP contribution in [-0.4, -0.2) is 15.9 Å². The SMILES string of the molecule is CC(C)(C)Cc1ccc2cnc3c(c2c1)Oc1cccc2cc[c-]c-3c12.CCC(CC)C(=O)/C=C(\O)C(CC)CC.[Ir]. The molecule has 0 fully saturated rings. The molecule has 5 rings (SSSR count). The van der Waals surface area contributed by atoms with Gasteiger partial charge in [0.1, 0.15) is 5.75 Å². The molecule has 1 N–H and O–H groups in total. The van der Waals surface area contributed by atoms with Gasteiger partial charge in [-0.05, 0) is 55.2 Å². The summed E-state index contributed by atoms with van der Waals surface area (Å²) in [5.41, 5.74) is 3.48. The first-order chi connectivity index (χ1) is 19.6. The fourth-order valence-corrected chi connectivity index (χ4v) is 5.64. The zero-order chi connectivity index (χ0) is 29.7. The summed E-state index contributed by atoms with van der Waals surface area (Å²) in [6.07, 6.45) is 7.88. The van der Waals surface area contributed by atoms with Crippen LogP contribution < -0.4 is 4.74 Å². The summed E-state index contributed by atoms with van der Waals surface area (Å²) >= 11 is 0. The molecule has 0 saturated heterocycles. The van der Waals surface area contributed by atoms with Crippen LogP contribution in [0.4, 0.5) is 0 Å². The average Bonchev–Trinajstić information content (AvgIpc) is 2.94. The predicted octanol–water partition coefficient (Wildman–Crippen LogP) is 10.4. The maximum atomic E-state index is 11.7. The van der Waals surface area contributed by atoms with Gasteiger partial charge in [0.25, 0.3) is 0 Å². The molecule has 42 heavy (non-hydrogen) atoms. The number of pyridine rings is 1. The van der Waals surface area contributed by atoms with Gasteiger partial charge in [0.15, 0.2) is 5.78 Å². The van der Waals surface area contributed by atoms with E-state index in [2.05, 4.69) is 57.2 Å². The molecule has 4 nitrogen and oxygen atoms in total. The molecule has 0 spiro atoms. The first-order valence-corrected chi connectivity index (χ1v) is 15.1. The van der Waals surface area contributed by atoms with E-state index in [-0.39, 0.29) is 48.9 Å². The molecule has 0 bridgehead atoms. The van der Waals surface area contributed by atoms with Crippen LogP contribution in [0.1, 0.15) is 79.7 Å². The third-order valence-electron chi connectivity index (χ3n) is 7.97. The number of fused-ring (bicyclic) bond motifs is 4. The number of aromatic nitrogens is 1. The minimum absolute atomic E-state index is 0. The van der Waals surface area contributed by atoms with Gasteiger partial charge in [-0.15, -0.1) is 23.8 Å². The Morgan fingerprint density at radius 2 is 1.67 bits per heavy atom. The number of ketones is 1. The quantitative estimate of drug-likeness (QED) is 0.0977. The molecule has 225 valence electrons. The fraction of sp³-hybridized carbons (Fsp3) is 0.405. The standard InChI is InChI=1S/C24H20NO.C13H24O2.Ir/c1-24(2,3)13-15-10-11-17-14-25-22-18-8-4-6-16-7-5-9-20(21(16)18)26-23(22)19(17)12-15;1-5-10(6-2)12(14)9-13(15)11(7-3)8-4;/h4-7,9-12,14H,13H2,1-3H3;9-11,14H,5-8H2,1-4H3;/q-1;;/b;12-9-;. The minimum atomic E-state index is 0. The Hall–Kier alpha value is -3.01. The molecule has 2 heterocycles. The van der Waals surface area contributed by atoms with E-state index in [0.717, 1.165) is 76.4 Å². The Morgan fingerprint density at radius 3 is 2.31 bits per heavy atom. The summed E-state index contributed by atoms with van der Waals surface area (Å²) in [6, 6.07) is 20.2. The molecular formula is C37H44IrNO3-. The number of carbonyl (C=O) groups is 1. The molecule has 5 heteroatoms. The van der Waals surface area contributed by atoms with E-state index in [0.29, 0.717) is 0 Å². The van der Waals surface area contributed by atoms with Crippen LogP contribution in [0.3, 0.4) is 0 Å². The molecule has 0 atom stereocenters. The van der Waals surface area contributed by atoms with Crippen molar-refractivity contribution >= 4 is 27.3 Å². The maximum Gasteiger partial charge on any atom is 0.162 e. The van der Waals surface area contributed by atoms with Gasteiger partial charge in [0.2, 0.25) is 0 Å². The van der Waals surface area contributed by atoms with Crippen LogP contribution in [0.5, 0.6) is 11.5 Å². The number of carbonyl (C=O) groups excluding carboxylic acids is 1. The Balaban J connectivity index is 0.000000263. The number of hydrogen-bond donors (Lipinski definition) is 1. The number of hydrogen-bond acceptors (Lipinski definition) is 4. The van der Waals surface area contributed by atoms with Gasteiger partial charge in [-0.3, -0.25) is 4.79 Å². The third kappa shape index (κ3) is 7.49. The van der Waals surface area contributed by atoms with Gasteiger partial charge in [-0.25, -0.2) is 0 Å². The van der Waals surface area contributed by atoms with Gasteiger partial charge < -0.3 is 14.8 Å². The monoisotopic (exact) mass is 743 g/mol. The van der Waals surface area contributed by atoms with E-state index in [1.807, 2.05) is 52.1 Å². The van der Waals surface area contributed by atoms with E-state index in [9.17, 15) is 9.90 Å². The molecule has 1 aromatic heterocycles. The Morgan fingerprint density at radius 1 is 0.976 bits per heavy atom. The second kappa shape index (κ2) is 14.4. The number of ether oxygens (including phenoxy) is 1. The molecule has 1 aliphatic heterocycles. The van der Waals surface area contributed by atoms with Crippen molar-refractivity contribution in [2.24, 2.45) is 17.3 Å². The summed E-state index contributed by atoms with van der Waals surface area (Å²) in [5, 5.41) is 14.2. The van der Waals surface area contributed by atoms with Crippen molar-refractivity contribution in [3.05, 3.63) is 78.2 Å². The van der Waals surface area contributed by atoms with Crippen molar-refractivity contribution in [2.75, 3.05) is 0 Å². The molecule has 0 aliphatic carbocycles. The van der Waals surface area contributed by atoms with Crippen LogP contribution in [0.2, 0.25) is 0 Å². The second-order valence-corrected chi connectivity index (χ2v) is 12.3.